The van der Waals surface area contributed by atoms with Gasteiger partial charge in [0.2, 0.25) is 5.95 Å². The fraction of sp³-hybridized carbons (Fsp3) is 0.500. The van der Waals surface area contributed by atoms with Gasteiger partial charge in [-0.15, -0.1) is 0 Å². The number of nitrogens with zero attached hydrogens (tertiary/aromatic N) is 7. The molecular weight excluding hydrogens is 685 g/mol. The van der Waals surface area contributed by atoms with Crippen molar-refractivity contribution in [2.45, 2.75) is 49.1 Å². The van der Waals surface area contributed by atoms with E-state index in [0.717, 1.165) is 10.9 Å². The Balaban J connectivity index is 1.21. The van der Waals surface area contributed by atoms with Crippen LogP contribution >= 0.6 is 38.1 Å². The van der Waals surface area contributed by atoms with Crippen molar-refractivity contribution in [1.82, 2.24) is 39.0 Å². The van der Waals surface area contributed by atoms with E-state index in [-0.39, 0.29) is 34.1 Å². The Kier molecular flexibility index (Phi) is 7.72. The molecule has 0 saturated carbocycles. The number of H-pyrrole nitrogens is 1. The lowest BCUT2D eigenvalue weighted by Gasteiger charge is -2.26. The zero-order chi connectivity index (χ0) is 31.8. The molecule has 3 aliphatic rings. The Hall–Kier alpha value is -2.69. The van der Waals surface area contributed by atoms with Gasteiger partial charge in [-0.3, -0.25) is 37.0 Å². The first-order valence-corrected chi connectivity index (χ1v) is 18.3. The fourth-order valence-corrected chi connectivity index (χ4v) is 8.20. The lowest BCUT2D eigenvalue weighted by atomic mass is 10.1. The monoisotopic (exact) mass is 708 g/mol. The molecule has 4 aromatic heterocycles. The Morgan fingerprint density at radius 1 is 0.911 bits per heavy atom. The summed E-state index contributed by atoms with van der Waals surface area (Å²) in [5.41, 5.74) is 11.0. The fourth-order valence-electron chi connectivity index (χ4n) is 5.26. The molecular formula is C20H23FN10O10P2S2. The third-order valence-corrected chi connectivity index (χ3v) is 10.5. The highest BCUT2D eigenvalue weighted by Crippen LogP contribution is 2.60. The van der Waals surface area contributed by atoms with Crippen molar-refractivity contribution in [3.05, 3.63) is 29.3 Å². The summed E-state index contributed by atoms with van der Waals surface area (Å²) in [5, 5.41) is 11.1. The number of nitrogens with one attached hydrogen (secondary N) is 1. The molecule has 0 aliphatic carbocycles. The van der Waals surface area contributed by atoms with Crippen LogP contribution in [0.25, 0.3) is 22.3 Å². The van der Waals surface area contributed by atoms with E-state index in [1.807, 2.05) is 0 Å². The molecule has 25 heteroatoms. The van der Waals surface area contributed by atoms with Crippen LogP contribution in [-0.2, 0) is 36.7 Å². The van der Waals surface area contributed by atoms with Crippen LogP contribution in [-0.4, -0.2) is 94.0 Å². The molecule has 3 saturated heterocycles. The van der Waals surface area contributed by atoms with E-state index in [1.54, 1.807) is 0 Å². The van der Waals surface area contributed by atoms with Crippen LogP contribution in [0, 0.1) is 0 Å². The van der Waals surface area contributed by atoms with E-state index in [9.17, 15) is 19.0 Å². The molecule has 0 amide bonds. The number of aromatic amines is 1. The van der Waals surface area contributed by atoms with E-state index in [0.29, 0.717) is 0 Å². The van der Waals surface area contributed by atoms with Crippen molar-refractivity contribution < 1.29 is 46.2 Å². The molecule has 2 bridgehead atoms. The van der Waals surface area contributed by atoms with Gasteiger partial charge in [0, 0.05) is 0 Å². The summed E-state index contributed by atoms with van der Waals surface area (Å²) in [5.74, 6) is -0.193. The summed E-state index contributed by atoms with van der Waals surface area (Å²) in [4.78, 5) is 34.7. The summed E-state index contributed by atoms with van der Waals surface area (Å²) in [6, 6.07) is 0. The van der Waals surface area contributed by atoms with Crippen molar-refractivity contribution >= 4 is 72.2 Å². The molecule has 6 N–H and O–H groups in total. The van der Waals surface area contributed by atoms with E-state index >= 15 is 4.39 Å². The van der Waals surface area contributed by atoms with Crippen molar-refractivity contribution in [3.8, 4) is 0 Å². The molecule has 0 aromatic carbocycles. The van der Waals surface area contributed by atoms with E-state index in [2.05, 4.69) is 54.4 Å². The minimum absolute atomic E-state index is 0.0680. The molecule has 0 radical (unpaired) electrons. The highest BCUT2D eigenvalue weighted by Gasteiger charge is 2.54. The first kappa shape index (κ1) is 30.9. The van der Waals surface area contributed by atoms with Crippen LogP contribution in [0.15, 0.2) is 23.8 Å². The van der Waals surface area contributed by atoms with Gasteiger partial charge in [-0.1, -0.05) is 24.5 Å². The molecule has 242 valence electrons. The predicted octanol–water partition coefficient (Wildman–Crippen LogP) is 0.511. The van der Waals surface area contributed by atoms with Crippen LogP contribution in [0.2, 0.25) is 0 Å². The lowest BCUT2D eigenvalue weighted by molar-refractivity contribution is -0.0568. The molecule has 7 rings (SSSR count). The second kappa shape index (κ2) is 11.2. The average Bonchev–Trinajstić information content (AvgIpc) is 3.72. The van der Waals surface area contributed by atoms with Gasteiger partial charge in [0.1, 0.15) is 42.4 Å². The number of nitrogens with two attached hydrogens (primary N) is 2. The minimum atomic E-state index is -4.42. The zero-order valence-corrected chi connectivity index (χ0v) is 25.9. The number of hydrogen-bond donors (Lipinski definition) is 6. The second-order valence-electron chi connectivity index (χ2n) is 10.1. The summed E-state index contributed by atoms with van der Waals surface area (Å²) in [7, 11) is 0. The maximum atomic E-state index is 16.0. The van der Waals surface area contributed by atoms with Gasteiger partial charge in [-0.25, -0.2) is 33.5 Å². The van der Waals surface area contributed by atoms with Gasteiger partial charge in [0.05, 0.1) is 25.9 Å². The Morgan fingerprint density at radius 2 is 1.53 bits per heavy atom. The number of anilines is 2. The molecule has 4 aromatic rings. The molecule has 45 heavy (non-hydrogen) atoms. The van der Waals surface area contributed by atoms with Gasteiger partial charge in [-0.05, 0) is 0 Å². The van der Waals surface area contributed by atoms with Crippen molar-refractivity contribution in [1.29, 1.82) is 0 Å². The standard InChI is InChI=1S/C20H23FN10O10P2S2/c21-8-12-7(39-18(8)31-5-27-10-16(31)28-20(23)29-17(10)33)2-37-43(35,45)41-13-11(32)6(1-36-42(34,44)40-12)38-19(13)30-4-26-9-14(22)24-3-25-15(9)30/h3-8,11-13,18-19,32H,1-2H2,(H,34,44)(H,35,45)(H2,22,24,25)(H3,23,28,29,33)/t6-,7-,8-,11-,12-,13-,18-,19-,42+,43-/m1/s1. The van der Waals surface area contributed by atoms with Crippen LogP contribution in [0.5, 0.6) is 0 Å². The number of fused-ring (bicyclic) bond motifs is 5. The number of aliphatic hydroxyl groups excluding tert-OH is 1. The first-order valence-electron chi connectivity index (χ1n) is 12.9. The number of halogens is 1. The lowest BCUT2D eigenvalue weighted by Crippen LogP contribution is -2.35. The number of aliphatic hydroxyl groups is 1. The van der Waals surface area contributed by atoms with E-state index < -0.39 is 81.5 Å². The van der Waals surface area contributed by atoms with Crippen LogP contribution in [0.4, 0.5) is 16.2 Å². The maximum absolute atomic E-state index is 16.0. The zero-order valence-electron chi connectivity index (χ0n) is 22.3. The minimum Gasteiger partial charge on any atom is -0.387 e. The number of rotatable bonds is 2. The highest BCUT2D eigenvalue weighted by atomic mass is 32.7. The predicted molar refractivity (Wildman–Crippen MR) is 156 cm³/mol. The number of nitrogen functional groups attached to an aromatic ring is 2. The number of ether oxygens (including phenoxy) is 2. The third kappa shape index (κ3) is 5.54. The summed E-state index contributed by atoms with van der Waals surface area (Å²) in [6.45, 7) is -10.1. The molecule has 3 fully saturated rings. The van der Waals surface area contributed by atoms with Crippen molar-refractivity contribution in [2.24, 2.45) is 0 Å². The Morgan fingerprint density at radius 3 is 2.27 bits per heavy atom. The van der Waals surface area contributed by atoms with Crippen molar-refractivity contribution in [2.75, 3.05) is 24.7 Å². The summed E-state index contributed by atoms with van der Waals surface area (Å²) < 4.78 is 79.1. The number of aromatic nitrogens is 8. The van der Waals surface area contributed by atoms with Gasteiger partial charge >= 0.3 is 13.6 Å². The Labute approximate surface area is 260 Å². The number of thiol groups is 2. The smallest absolute Gasteiger partial charge is 0.386 e. The highest BCUT2D eigenvalue weighted by molar-refractivity contribution is 8.44. The normalized spacial score (nSPS) is 37.7. The van der Waals surface area contributed by atoms with E-state index in [1.165, 1.54) is 17.2 Å². The number of imidazole rings is 2. The summed E-state index contributed by atoms with van der Waals surface area (Å²) >= 11 is 8.04. The largest absolute Gasteiger partial charge is 0.387 e. The number of alkyl halides is 1. The molecule has 7 heterocycles. The second-order valence-corrected chi connectivity index (χ2v) is 15.8. The quantitative estimate of drug-likeness (QED) is 0.122. The van der Waals surface area contributed by atoms with Crippen molar-refractivity contribution in [3.63, 3.8) is 0 Å². The average molecular weight is 709 g/mol. The maximum Gasteiger partial charge on any atom is 0.386 e. The van der Waals surface area contributed by atoms with Crippen LogP contribution in [0.1, 0.15) is 12.5 Å². The van der Waals surface area contributed by atoms with E-state index in [4.69, 9.17) is 39.0 Å². The van der Waals surface area contributed by atoms with Crippen LogP contribution < -0.4 is 17.0 Å². The first-order chi connectivity index (χ1) is 21.3. The topological polar surface area (TPSA) is 269 Å². The van der Waals surface area contributed by atoms with Gasteiger partial charge in [0.25, 0.3) is 5.56 Å². The molecule has 20 nitrogen and oxygen atoms in total. The Bertz CT molecular complexity index is 1950. The SMILES string of the molecule is Nc1nc2c(ncn2[C@@H]2O[C@@H]3CO[P@@](=O)(S)O[C@@H]4[C@H](O)[C@@H](CO[P@](=O)(S)O[C@H]3[C@H]2F)O[C@H]4n2cnc3c(N)ncnc32)c(=O)[nH]1. The van der Waals surface area contributed by atoms with Gasteiger partial charge in [-0.2, -0.15) is 4.98 Å². The number of hydrogen-bond acceptors (Lipinski definition) is 17. The van der Waals surface area contributed by atoms with Gasteiger partial charge in [0.15, 0.2) is 41.3 Å². The molecule has 10 atom stereocenters. The third-order valence-electron chi connectivity index (χ3n) is 7.28. The summed E-state index contributed by atoms with van der Waals surface area (Å²) in [6.07, 6.45) is -8.71. The molecule has 0 unspecified atom stereocenters. The van der Waals surface area contributed by atoms with Crippen LogP contribution in [0.3, 0.4) is 0 Å². The van der Waals surface area contributed by atoms with Gasteiger partial charge < -0.3 is 26.0 Å². The molecule has 0 spiro atoms. The molecule has 3 aliphatic heterocycles.